The number of aromatic nitrogens is 4. The van der Waals surface area contributed by atoms with Crippen LogP contribution in [0.3, 0.4) is 0 Å². The maximum Gasteiger partial charge on any atom is 0.262 e. The predicted molar refractivity (Wildman–Crippen MR) is 124 cm³/mol. The van der Waals surface area contributed by atoms with E-state index < -0.39 is 11.6 Å². The molecule has 0 aliphatic rings. The summed E-state index contributed by atoms with van der Waals surface area (Å²) in [6.45, 7) is 3.81. The first-order valence-corrected chi connectivity index (χ1v) is 11.5. The van der Waals surface area contributed by atoms with E-state index in [4.69, 9.17) is 11.6 Å². The minimum absolute atomic E-state index is 0.0200. The molecule has 0 bridgehead atoms. The number of thioether (sulfide) groups is 1. The van der Waals surface area contributed by atoms with Gasteiger partial charge >= 0.3 is 0 Å². The molecule has 0 fully saturated rings. The van der Waals surface area contributed by atoms with E-state index in [9.17, 15) is 18.4 Å². The van der Waals surface area contributed by atoms with Crippen molar-refractivity contribution in [3.8, 4) is 0 Å². The van der Waals surface area contributed by atoms with Gasteiger partial charge in [-0.05, 0) is 49.7 Å². The highest BCUT2D eigenvalue weighted by molar-refractivity contribution is 7.98. The van der Waals surface area contributed by atoms with Crippen molar-refractivity contribution in [3.05, 3.63) is 69.0 Å². The second-order valence-electron chi connectivity index (χ2n) is 7.77. The molecule has 0 radical (unpaired) electrons. The highest BCUT2D eigenvalue weighted by Gasteiger charge is 2.18. The summed E-state index contributed by atoms with van der Waals surface area (Å²) in [6, 6.07) is 8.19. The van der Waals surface area contributed by atoms with Crippen molar-refractivity contribution in [2.75, 3.05) is 0 Å². The minimum atomic E-state index is -0.662. The largest absolute Gasteiger partial charge is 0.354 e. The number of nitrogens with one attached hydrogen (secondary N) is 1. The van der Waals surface area contributed by atoms with Gasteiger partial charge in [0.15, 0.2) is 5.16 Å². The number of carbonyl (C=O) groups excluding carboxylic acids is 1. The van der Waals surface area contributed by atoms with E-state index >= 15 is 0 Å². The molecule has 33 heavy (non-hydrogen) atoms. The zero-order valence-electron chi connectivity index (χ0n) is 17.8. The lowest BCUT2D eigenvalue weighted by molar-refractivity contribution is -0.121. The molecule has 2 heterocycles. The lowest BCUT2D eigenvalue weighted by Gasteiger charge is -2.12. The van der Waals surface area contributed by atoms with Crippen molar-refractivity contribution in [1.29, 1.82) is 0 Å². The number of hydrogen-bond acceptors (Lipinski definition) is 5. The number of amides is 1. The van der Waals surface area contributed by atoms with Crippen molar-refractivity contribution >= 4 is 46.0 Å². The number of nitrogens with zero attached hydrogens (tertiary/aromatic N) is 4. The van der Waals surface area contributed by atoms with Crippen LogP contribution in [0.4, 0.5) is 8.78 Å². The molecule has 7 nitrogen and oxygen atoms in total. The molecule has 4 rings (SSSR count). The first-order chi connectivity index (χ1) is 15.7. The number of fused-ring (bicyclic) bond motifs is 3. The molecule has 11 heteroatoms. The van der Waals surface area contributed by atoms with Crippen LogP contribution in [0, 0.1) is 11.6 Å². The zero-order chi connectivity index (χ0) is 23.7. The Morgan fingerprint density at radius 3 is 2.58 bits per heavy atom. The second-order valence-corrected chi connectivity index (χ2v) is 9.15. The first-order valence-electron chi connectivity index (χ1n) is 10.2. The number of rotatable bonds is 7. The van der Waals surface area contributed by atoms with Crippen molar-refractivity contribution in [3.63, 3.8) is 0 Å². The maximum atomic E-state index is 13.6. The van der Waals surface area contributed by atoms with Gasteiger partial charge in [0.05, 0.1) is 10.9 Å². The quantitative estimate of drug-likeness (QED) is 0.392. The molecule has 172 valence electrons. The van der Waals surface area contributed by atoms with Crippen LogP contribution in [0.25, 0.3) is 16.7 Å². The maximum absolute atomic E-state index is 13.6. The fourth-order valence-electron chi connectivity index (χ4n) is 3.50. The van der Waals surface area contributed by atoms with Gasteiger partial charge in [-0.25, -0.2) is 8.78 Å². The van der Waals surface area contributed by atoms with Gasteiger partial charge in [0.25, 0.3) is 5.56 Å². The molecule has 1 amide bonds. The smallest absolute Gasteiger partial charge is 0.262 e. The Morgan fingerprint density at radius 1 is 1.15 bits per heavy atom. The average Bonchev–Trinajstić information content (AvgIpc) is 3.15. The standard InChI is InChI=1S/C22H20ClF2N5O2S/c1-12(2)26-19(31)5-6-29-20(32)17-9-14(23)3-4-18(17)30-21(29)27-28-22(30)33-11-13-7-15(24)10-16(25)8-13/h3-4,7-10,12H,5-6,11H2,1-2H3,(H,26,31). The van der Waals surface area contributed by atoms with Crippen LogP contribution >= 0.6 is 23.4 Å². The van der Waals surface area contributed by atoms with E-state index in [1.54, 1.807) is 22.6 Å². The minimum Gasteiger partial charge on any atom is -0.354 e. The third kappa shape index (κ3) is 5.01. The third-order valence-electron chi connectivity index (χ3n) is 4.84. The summed E-state index contributed by atoms with van der Waals surface area (Å²) >= 11 is 7.36. The van der Waals surface area contributed by atoms with Crippen LogP contribution in [0.2, 0.25) is 5.02 Å². The lowest BCUT2D eigenvalue weighted by Crippen LogP contribution is -2.32. The Balaban J connectivity index is 1.76. The number of halogens is 3. The highest BCUT2D eigenvalue weighted by Crippen LogP contribution is 2.26. The molecule has 2 aromatic heterocycles. The van der Waals surface area contributed by atoms with Gasteiger partial charge in [-0.1, -0.05) is 23.4 Å². The van der Waals surface area contributed by atoms with E-state index in [1.165, 1.54) is 28.5 Å². The average molecular weight is 492 g/mol. The molecule has 1 N–H and O–H groups in total. The Hall–Kier alpha value is -2.98. The van der Waals surface area contributed by atoms with Crippen LogP contribution in [-0.2, 0) is 17.1 Å². The molecule has 0 saturated heterocycles. The van der Waals surface area contributed by atoms with Crippen LogP contribution in [-0.4, -0.2) is 31.1 Å². The van der Waals surface area contributed by atoms with Gasteiger partial charge in [0.2, 0.25) is 11.7 Å². The number of benzene rings is 2. The Bertz CT molecular complexity index is 1400. The Labute approximate surface area is 196 Å². The predicted octanol–water partition coefficient (Wildman–Crippen LogP) is 4.18. The van der Waals surface area contributed by atoms with Gasteiger partial charge < -0.3 is 5.32 Å². The first kappa shape index (κ1) is 23.2. The van der Waals surface area contributed by atoms with Gasteiger partial charge in [-0.3, -0.25) is 18.6 Å². The summed E-state index contributed by atoms with van der Waals surface area (Å²) in [5.41, 5.74) is 0.647. The highest BCUT2D eigenvalue weighted by atomic mass is 35.5. The summed E-state index contributed by atoms with van der Waals surface area (Å²) in [5.74, 6) is -1.01. The van der Waals surface area contributed by atoms with E-state index in [0.29, 0.717) is 26.6 Å². The summed E-state index contributed by atoms with van der Waals surface area (Å²) in [4.78, 5) is 25.3. The van der Waals surface area contributed by atoms with Crippen molar-refractivity contribution in [1.82, 2.24) is 24.5 Å². The third-order valence-corrected chi connectivity index (χ3v) is 6.07. The van der Waals surface area contributed by atoms with E-state index in [0.717, 1.165) is 6.07 Å². The zero-order valence-corrected chi connectivity index (χ0v) is 19.4. The van der Waals surface area contributed by atoms with E-state index in [2.05, 4.69) is 15.5 Å². The Morgan fingerprint density at radius 2 is 1.88 bits per heavy atom. The summed E-state index contributed by atoms with van der Waals surface area (Å²) in [7, 11) is 0. The van der Waals surface area contributed by atoms with Gasteiger partial charge in [0.1, 0.15) is 11.6 Å². The number of carbonyl (C=O) groups is 1. The summed E-state index contributed by atoms with van der Waals surface area (Å²) < 4.78 is 30.2. The number of hydrogen-bond donors (Lipinski definition) is 1. The SMILES string of the molecule is CC(C)NC(=O)CCn1c(=O)c2cc(Cl)ccc2n2c(SCc3cc(F)cc(F)c3)nnc12. The van der Waals surface area contributed by atoms with Crippen LogP contribution in [0.1, 0.15) is 25.8 Å². The molecule has 2 aromatic carbocycles. The lowest BCUT2D eigenvalue weighted by atomic mass is 10.2. The van der Waals surface area contributed by atoms with Crippen molar-refractivity contribution in [2.24, 2.45) is 0 Å². The summed E-state index contributed by atoms with van der Waals surface area (Å²) in [6.07, 6.45) is 0.0811. The van der Waals surface area contributed by atoms with E-state index in [-0.39, 0.29) is 42.0 Å². The van der Waals surface area contributed by atoms with Gasteiger partial charge in [-0.2, -0.15) is 0 Å². The molecular formula is C22H20ClF2N5O2S. The molecule has 0 atom stereocenters. The van der Waals surface area contributed by atoms with Gasteiger partial charge in [-0.15, -0.1) is 10.2 Å². The second kappa shape index (κ2) is 9.48. The topological polar surface area (TPSA) is 81.3 Å². The fraction of sp³-hybridized carbons (Fsp3) is 0.273. The van der Waals surface area contributed by atoms with Crippen molar-refractivity contribution in [2.45, 2.75) is 43.8 Å². The monoisotopic (exact) mass is 491 g/mol. The summed E-state index contributed by atoms with van der Waals surface area (Å²) in [5, 5.41) is 12.3. The molecule has 0 saturated carbocycles. The van der Waals surface area contributed by atoms with Gasteiger partial charge in [0, 0.05) is 35.8 Å². The number of aryl methyl sites for hydroxylation is 1. The molecule has 0 aliphatic carbocycles. The normalized spacial score (nSPS) is 11.6. The van der Waals surface area contributed by atoms with Crippen LogP contribution in [0.5, 0.6) is 0 Å². The van der Waals surface area contributed by atoms with E-state index in [1.807, 2.05) is 13.8 Å². The van der Waals surface area contributed by atoms with Crippen LogP contribution in [0.15, 0.2) is 46.3 Å². The molecular weight excluding hydrogens is 472 g/mol. The fourth-order valence-corrected chi connectivity index (χ4v) is 4.55. The Kier molecular flexibility index (Phi) is 6.66. The van der Waals surface area contributed by atoms with Crippen LogP contribution < -0.4 is 10.9 Å². The van der Waals surface area contributed by atoms with Crippen molar-refractivity contribution < 1.29 is 13.6 Å². The molecule has 0 spiro atoms. The molecule has 0 unspecified atom stereocenters. The molecule has 0 aliphatic heterocycles. The molecule has 4 aromatic rings.